The molecule has 0 aliphatic heterocycles. The molecule has 0 saturated heterocycles. The number of halogens is 2. The summed E-state index contributed by atoms with van der Waals surface area (Å²) in [7, 11) is -3.62. The Morgan fingerprint density at radius 1 is 1.50 bits per heavy atom. The van der Waals surface area contributed by atoms with Crippen LogP contribution >= 0.6 is 38.9 Å². The zero-order chi connectivity index (χ0) is 14.8. The summed E-state index contributed by atoms with van der Waals surface area (Å²) in [5.74, 6) is 0.0130. The molecule has 108 valence electrons. The van der Waals surface area contributed by atoms with Crippen molar-refractivity contribution in [2.24, 2.45) is 0 Å². The van der Waals surface area contributed by atoms with Gasteiger partial charge in [-0.1, -0.05) is 34.5 Å². The molecule has 2 rings (SSSR count). The molecule has 1 heterocycles. The molecule has 0 radical (unpaired) electrons. The molecule has 0 aliphatic rings. The predicted molar refractivity (Wildman–Crippen MR) is 84.9 cm³/mol. The highest BCUT2D eigenvalue weighted by atomic mass is 79.9. The lowest BCUT2D eigenvalue weighted by Crippen LogP contribution is -2.28. The minimum absolute atomic E-state index is 0.0130. The fourth-order valence-electron chi connectivity index (χ4n) is 1.57. The van der Waals surface area contributed by atoms with Crippen molar-refractivity contribution in [3.63, 3.8) is 0 Å². The molecule has 1 N–H and O–H groups in total. The quantitative estimate of drug-likeness (QED) is 0.841. The van der Waals surface area contributed by atoms with Gasteiger partial charge in [-0.05, 0) is 18.2 Å². The van der Waals surface area contributed by atoms with Gasteiger partial charge in [0.25, 0.3) is 0 Å². The van der Waals surface area contributed by atoms with Crippen molar-refractivity contribution in [2.45, 2.75) is 17.7 Å². The highest BCUT2D eigenvalue weighted by Gasteiger charge is 2.19. The maximum atomic E-state index is 12.2. The third-order valence-electron chi connectivity index (χ3n) is 2.64. The summed E-state index contributed by atoms with van der Waals surface area (Å²) in [5, 5.41) is 2.95. The molecule has 0 saturated carbocycles. The van der Waals surface area contributed by atoms with E-state index in [2.05, 4.69) is 25.6 Å². The van der Waals surface area contributed by atoms with Crippen LogP contribution in [0.2, 0.25) is 5.02 Å². The second kappa shape index (κ2) is 6.53. The Balaban J connectivity index is 2.11. The Hall–Kier alpha value is -0.470. The second-order valence-corrected chi connectivity index (χ2v) is 8.18. The van der Waals surface area contributed by atoms with Crippen molar-refractivity contribution in [3.8, 4) is 0 Å². The first-order chi connectivity index (χ1) is 9.40. The van der Waals surface area contributed by atoms with Gasteiger partial charge in [0.05, 0.1) is 10.0 Å². The Kier molecular flexibility index (Phi) is 5.19. The van der Waals surface area contributed by atoms with Crippen LogP contribution in [0.3, 0.4) is 0 Å². The number of aromatic nitrogens is 1. The highest BCUT2D eigenvalue weighted by Crippen LogP contribution is 2.25. The lowest BCUT2D eigenvalue weighted by atomic mass is 10.2. The van der Waals surface area contributed by atoms with Crippen LogP contribution in [0.1, 0.15) is 17.8 Å². The minimum atomic E-state index is -3.62. The highest BCUT2D eigenvalue weighted by molar-refractivity contribution is 9.10. The maximum absolute atomic E-state index is 12.2. The number of benzene rings is 1. The fourth-order valence-corrected chi connectivity index (χ4v) is 4.44. The van der Waals surface area contributed by atoms with Crippen molar-refractivity contribution in [3.05, 3.63) is 44.3 Å². The first kappa shape index (κ1) is 15.9. The van der Waals surface area contributed by atoms with Crippen LogP contribution < -0.4 is 4.72 Å². The molecule has 0 bridgehead atoms. The maximum Gasteiger partial charge on any atom is 0.242 e. The molecule has 8 heteroatoms. The van der Waals surface area contributed by atoms with Crippen LogP contribution in [0.5, 0.6) is 0 Å². The predicted octanol–water partition coefficient (Wildman–Crippen LogP) is 3.64. The zero-order valence-electron chi connectivity index (χ0n) is 10.5. The van der Waals surface area contributed by atoms with Crippen LogP contribution in [0, 0.1) is 0 Å². The average Bonchev–Trinajstić information content (AvgIpc) is 2.89. The number of hydrogen-bond acceptors (Lipinski definition) is 4. The van der Waals surface area contributed by atoms with Crippen LogP contribution in [0.25, 0.3) is 0 Å². The number of rotatable bonds is 5. The van der Waals surface area contributed by atoms with Crippen LogP contribution in [-0.4, -0.2) is 19.9 Å². The van der Waals surface area contributed by atoms with E-state index in [4.69, 9.17) is 11.6 Å². The van der Waals surface area contributed by atoms with E-state index in [-0.39, 0.29) is 22.4 Å². The second-order valence-electron chi connectivity index (χ2n) is 4.20. The number of nitrogens with zero attached hydrogens (tertiary/aromatic N) is 1. The molecule has 0 amide bonds. The monoisotopic (exact) mass is 394 g/mol. The molecule has 0 fully saturated rings. The van der Waals surface area contributed by atoms with E-state index in [1.165, 1.54) is 17.4 Å². The lowest BCUT2D eigenvalue weighted by molar-refractivity contribution is 0.574. The summed E-state index contributed by atoms with van der Waals surface area (Å²) in [5.41, 5.74) is 0. The molecule has 4 nitrogen and oxygen atoms in total. The molecule has 0 spiro atoms. The Morgan fingerprint density at radius 2 is 2.25 bits per heavy atom. The standard InChI is InChI=1S/C12H12BrClN2O2S2/c1-8(12-15-4-5-19-12)7-16-20(17,18)11-3-2-9(13)6-10(11)14/h2-6,8,16H,7H2,1H3. The summed E-state index contributed by atoms with van der Waals surface area (Å²) < 4.78 is 27.7. The summed E-state index contributed by atoms with van der Waals surface area (Å²) in [6.07, 6.45) is 1.70. The lowest BCUT2D eigenvalue weighted by Gasteiger charge is -2.12. The van der Waals surface area contributed by atoms with E-state index in [9.17, 15) is 8.42 Å². The minimum Gasteiger partial charge on any atom is -0.249 e. The molecule has 1 aromatic heterocycles. The molecule has 0 aliphatic carbocycles. The van der Waals surface area contributed by atoms with Gasteiger partial charge >= 0.3 is 0 Å². The summed E-state index contributed by atoms with van der Waals surface area (Å²) in [4.78, 5) is 4.25. The first-order valence-electron chi connectivity index (χ1n) is 5.74. The van der Waals surface area contributed by atoms with Crippen molar-refractivity contribution in [1.29, 1.82) is 0 Å². The van der Waals surface area contributed by atoms with Gasteiger partial charge in [0.15, 0.2) is 0 Å². The Bertz CT molecular complexity index is 689. The molecule has 1 atom stereocenters. The number of nitrogens with one attached hydrogen (secondary N) is 1. The summed E-state index contributed by atoms with van der Waals surface area (Å²) >= 11 is 10.7. The van der Waals surface area contributed by atoms with Gasteiger partial charge in [0, 0.05) is 28.5 Å². The van der Waals surface area contributed by atoms with E-state index in [0.717, 1.165) is 9.48 Å². The Labute approximate surface area is 135 Å². The van der Waals surface area contributed by atoms with E-state index in [1.807, 2.05) is 12.3 Å². The first-order valence-corrected chi connectivity index (χ1v) is 9.27. The largest absolute Gasteiger partial charge is 0.249 e. The van der Waals surface area contributed by atoms with Gasteiger partial charge in [-0.25, -0.2) is 18.1 Å². The smallest absolute Gasteiger partial charge is 0.242 e. The fraction of sp³-hybridized carbons (Fsp3) is 0.250. The molecule has 20 heavy (non-hydrogen) atoms. The van der Waals surface area contributed by atoms with Crippen LogP contribution in [-0.2, 0) is 10.0 Å². The SMILES string of the molecule is CC(CNS(=O)(=O)c1ccc(Br)cc1Cl)c1nccs1. The normalized spacial score (nSPS) is 13.3. The topological polar surface area (TPSA) is 59.1 Å². The van der Waals surface area contributed by atoms with Gasteiger partial charge in [0.2, 0.25) is 10.0 Å². The molecule has 2 aromatic rings. The van der Waals surface area contributed by atoms with Crippen molar-refractivity contribution < 1.29 is 8.42 Å². The number of sulfonamides is 1. The molecular formula is C12H12BrClN2O2S2. The van der Waals surface area contributed by atoms with Gasteiger partial charge in [-0.15, -0.1) is 11.3 Å². The van der Waals surface area contributed by atoms with Gasteiger partial charge in [0.1, 0.15) is 4.90 Å². The molecule has 1 unspecified atom stereocenters. The number of hydrogen-bond donors (Lipinski definition) is 1. The molecule has 1 aromatic carbocycles. The van der Waals surface area contributed by atoms with Crippen molar-refractivity contribution in [1.82, 2.24) is 9.71 Å². The zero-order valence-corrected chi connectivity index (χ0v) is 14.5. The average molecular weight is 396 g/mol. The van der Waals surface area contributed by atoms with Crippen molar-refractivity contribution in [2.75, 3.05) is 6.54 Å². The van der Waals surface area contributed by atoms with E-state index >= 15 is 0 Å². The van der Waals surface area contributed by atoms with E-state index in [0.29, 0.717) is 0 Å². The third kappa shape index (κ3) is 3.79. The van der Waals surface area contributed by atoms with Gasteiger partial charge in [-0.3, -0.25) is 0 Å². The third-order valence-corrected chi connectivity index (χ3v) is 6.04. The van der Waals surface area contributed by atoms with E-state index in [1.54, 1.807) is 18.3 Å². The van der Waals surface area contributed by atoms with Gasteiger partial charge in [-0.2, -0.15) is 0 Å². The van der Waals surface area contributed by atoms with Crippen molar-refractivity contribution >= 4 is 48.9 Å². The van der Waals surface area contributed by atoms with Gasteiger partial charge < -0.3 is 0 Å². The van der Waals surface area contributed by atoms with Crippen LogP contribution in [0.15, 0.2) is 39.1 Å². The molecular weight excluding hydrogens is 384 g/mol. The number of thiazole rings is 1. The van der Waals surface area contributed by atoms with Crippen LogP contribution in [0.4, 0.5) is 0 Å². The summed E-state index contributed by atoms with van der Waals surface area (Å²) in [6, 6.07) is 4.67. The van der Waals surface area contributed by atoms with E-state index < -0.39 is 10.0 Å². The summed E-state index contributed by atoms with van der Waals surface area (Å²) in [6.45, 7) is 2.20. The Morgan fingerprint density at radius 3 is 2.85 bits per heavy atom.